The molecular formula is C21H34O3. The molecule has 0 saturated heterocycles. The molecule has 0 aromatic carbocycles. The van der Waals surface area contributed by atoms with Crippen LogP contribution >= 0.6 is 0 Å². The first-order valence-corrected chi connectivity index (χ1v) is 9.97. The van der Waals surface area contributed by atoms with Crippen LogP contribution in [0.5, 0.6) is 0 Å². The molecule has 4 aliphatic rings. The Kier molecular flexibility index (Phi) is 3.51. The Morgan fingerprint density at radius 2 is 1.75 bits per heavy atom. The van der Waals surface area contributed by atoms with Gasteiger partial charge < -0.3 is 9.84 Å². The van der Waals surface area contributed by atoms with Crippen LogP contribution in [0.15, 0.2) is 0 Å². The normalized spacial score (nSPS) is 56.3. The number of methoxy groups -OCH3 is 1. The van der Waals surface area contributed by atoms with Gasteiger partial charge in [0, 0.05) is 0 Å². The maximum Gasteiger partial charge on any atom is 0.311 e. The SMILES string of the molecule is COC(=O)[C@]1(C)CCC[C@@]2(C)[C@@H]3CC[C@@]4(C)C[C@]3(CC[C@@H]21)C[C@@H]4O. The van der Waals surface area contributed by atoms with Crippen molar-refractivity contribution in [2.45, 2.75) is 84.7 Å². The highest BCUT2D eigenvalue weighted by Gasteiger charge is 2.68. The van der Waals surface area contributed by atoms with Crippen molar-refractivity contribution in [1.82, 2.24) is 0 Å². The number of carbonyl (C=O) groups is 1. The summed E-state index contributed by atoms with van der Waals surface area (Å²) < 4.78 is 5.24. The van der Waals surface area contributed by atoms with Crippen LogP contribution in [0.3, 0.4) is 0 Å². The third kappa shape index (κ3) is 1.91. The lowest BCUT2D eigenvalue weighted by atomic mass is 9.40. The fourth-order valence-electron chi connectivity index (χ4n) is 8.21. The Bertz CT molecular complexity index is 559. The average molecular weight is 335 g/mol. The van der Waals surface area contributed by atoms with Crippen LogP contribution in [0.2, 0.25) is 0 Å². The van der Waals surface area contributed by atoms with Crippen molar-refractivity contribution in [2.75, 3.05) is 7.11 Å². The Morgan fingerprint density at radius 3 is 2.46 bits per heavy atom. The van der Waals surface area contributed by atoms with Crippen LogP contribution in [-0.2, 0) is 9.53 Å². The van der Waals surface area contributed by atoms with Crippen molar-refractivity contribution in [3.63, 3.8) is 0 Å². The summed E-state index contributed by atoms with van der Waals surface area (Å²) >= 11 is 0. The number of esters is 1. The minimum absolute atomic E-state index is 0.00137. The smallest absolute Gasteiger partial charge is 0.311 e. The van der Waals surface area contributed by atoms with Gasteiger partial charge in [-0.2, -0.15) is 0 Å². The molecule has 4 saturated carbocycles. The highest BCUT2D eigenvalue weighted by atomic mass is 16.5. The molecule has 7 atom stereocenters. The lowest BCUT2D eigenvalue weighted by molar-refractivity contribution is -0.185. The van der Waals surface area contributed by atoms with Gasteiger partial charge >= 0.3 is 5.97 Å². The molecule has 136 valence electrons. The number of aliphatic hydroxyl groups is 1. The fraction of sp³-hybridized carbons (Fsp3) is 0.952. The van der Waals surface area contributed by atoms with Gasteiger partial charge in [0.1, 0.15) is 0 Å². The summed E-state index contributed by atoms with van der Waals surface area (Å²) in [6.07, 6.45) is 10.1. The second-order valence-corrected chi connectivity index (χ2v) is 10.4. The Hall–Kier alpha value is -0.570. The van der Waals surface area contributed by atoms with E-state index in [2.05, 4.69) is 20.8 Å². The number of hydrogen-bond donors (Lipinski definition) is 1. The summed E-state index contributed by atoms with van der Waals surface area (Å²) in [4.78, 5) is 12.6. The summed E-state index contributed by atoms with van der Waals surface area (Å²) in [5.41, 5.74) is 0.373. The van der Waals surface area contributed by atoms with E-state index >= 15 is 0 Å². The topological polar surface area (TPSA) is 46.5 Å². The average Bonchev–Trinajstić information content (AvgIpc) is 2.70. The molecule has 0 aromatic rings. The van der Waals surface area contributed by atoms with Crippen molar-refractivity contribution in [1.29, 1.82) is 0 Å². The number of rotatable bonds is 1. The van der Waals surface area contributed by atoms with Crippen LogP contribution in [0.25, 0.3) is 0 Å². The molecular weight excluding hydrogens is 300 g/mol. The van der Waals surface area contributed by atoms with Crippen LogP contribution in [0, 0.1) is 33.5 Å². The van der Waals surface area contributed by atoms with Gasteiger partial charge in [-0.25, -0.2) is 0 Å². The van der Waals surface area contributed by atoms with E-state index in [-0.39, 0.29) is 28.3 Å². The zero-order chi connectivity index (χ0) is 17.4. The number of ether oxygens (including phenoxy) is 1. The first-order chi connectivity index (χ1) is 11.2. The first kappa shape index (κ1) is 16.9. The molecule has 0 radical (unpaired) electrons. The standard InChI is InChI=1S/C21H34O3/c1-18-10-6-15-19(2)8-5-9-20(3,17(23)24-4)14(19)7-11-21(15,13-18)12-16(18)22/h14-16,22H,5-13H2,1-4H3/t14-,15-,16-,18-,19+,20+,21-/m0/s1. The Balaban J connectivity index is 1.72. The van der Waals surface area contributed by atoms with E-state index in [1.165, 1.54) is 25.7 Å². The van der Waals surface area contributed by atoms with Gasteiger partial charge in [0.2, 0.25) is 0 Å². The molecule has 0 unspecified atom stereocenters. The molecule has 0 amide bonds. The van der Waals surface area contributed by atoms with E-state index < -0.39 is 0 Å². The van der Waals surface area contributed by atoms with Gasteiger partial charge in [-0.15, -0.1) is 0 Å². The van der Waals surface area contributed by atoms with Crippen LogP contribution < -0.4 is 0 Å². The van der Waals surface area contributed by atoms with E-state index in [0.717, 1.165) is 32.1 Å². The third-order valence-electron chi connectivity index (χ3n) is 9.26. The lowest BCUT2D eigenvalue weighted by Gasteiger charge is -2.64. The van der Waals surface area contributed by atoms with Crippen molar-refractivity contribution in [3.8, 4) is 0 Å². The van der Waals surface area contributed by atoms with Crippen molar-refractivity contribution in [3.05, 3.63) is 0 Å². The van der Waals surface area contributed by atoms with Crippen LogP contribution in [0.1, 0.15) is 78.6 Å². The van der Waals surface area contributed by atoms with E-state index in [4.69, 9.17) is 4.74 Å². The summed E-state index contributed by atoms with van der Waals surface area (Å²) in [5.74, 6) is 1.10. The highest BCUT2D eigenvalue weighted by Crippen LogP contribution is 2.73. The van der Waals surface area contributed by atoms with Gasteiger partial charge in [0.05, 0.1) is 18.6 Å². The predicted octanol–water partition coefficient (Wildman–Crippen LogP) is 4.32. The van der Waals surface area contributed by atoms with E-state index in [1.807, 2.05) is 0 Å². The second kappa shape index (κ2) is 4.99. The molecule has 4 rings (SSSR count). The van der Waals surface area contributed by atoms with Crippen molar-refractivity contribution >= 4 is 5.97 Å². The summed E-state index contributed by atoms with van der Waals surface area (Å²) in [7, 11) is 1.54. The predicted molar refractivity (Wildman–Crippen MR) is 93.3 cm³/mol. The lowest BCUT2D eigenvalue weighted by Crippen LogP contribution is -2.58. The highest BCUT2D eigenvalue weighted by molar-refractivity contribution is 5.77. The van der Waals surface area contributed by atoms with Gasteiger partial charge in [-0.05, 0) is 86.4 Å². The first-order valence-electron chi connectivity index (χ1n) is 9.97. The summed E-state index contributed by atoms with van der Waals surface area (Å²) in [5, 5.41) is 10.7. The third-order valence-corrected chi connectivity index (χ3v) is 9.26. The van der Waals surface area contributed by atoms with Crippen LogP contribution in [0.4, 0.5) is 0 Å². The van der Waals surface area contributed by atoms with Crippen LogP contribution in [-0.4, -0.2) is 24.3 Å². The molecule has 1 N–H and O–H groups in total. The maximum absolute atomic E-state index is 12.6. The zero-order valence-corrected chi connectivity index (χ0v) is 15.9. The Labute approximate surface area is 146 Å². The van der Waals surface area contributed by atoms with E-state index in [1.54, 1.807) is 7.11 Å². The molecule has 24 heavy (non-hydrogen) atoms. The quantitative estimate of drug-likeness (QED) is 0.726. The molecule has 1 spiro atoms. The summed E-state index contributed by atoms with van der Waals surface area (Å²) in [6, 6.07) is 0. The minimum Gasteiger partial charge on any atom is -0.469 e. The van der Waals surface area contributed by atoms with Gasteiger partial charge in [0.25, 0.3) is 0 Å². The van der Waals surface area contributed by atoms with Crippen molar-refractivity contribution < 1.29 is 14.6 Å². The molecule has 4 fully saturated rings. The molecule has 3 heteroatoms. The van der Waals surface area contributed by atoms with Gasteiger partial charge in [0.15, 0.2) is 0 Å². The largest absolute Gasteiger partial charge is 0.469 e. The second-order valence-electron chi connectivity index (χ2n) is 10.4. The number of carbonyl (C=O) groups excluding carboxylic acids is 1. The van der Waals surface area contributed by atoms with E-state index in [9.17, 15) is 9.90 Å². The maximum atomic E-state index is 12.6. The zero-order valence-electron chi connectivity index (χ0n) is 15.9. The fourth-order valence-corrected chi connectivity index (χ4v) is 8.21. The minimum atomic E-state index is -0.318. The molecule has 4 aliphatic carbocycles. The molecule has 2 bridgehead atoms. The van der Waals surface area contributed by atoms with Gasteiger partial charge in [-0.3, -0.25) is 4.79 Å². The number of aliphatic hydroxyl groups excluding tert-OH is 1. The summed E-state index contributed by atoms with van der Waals surface area (Å²) in [6.45, 7) is 6.93. The van der Waals surface area contributed by atoms with E-state index in [0.29, 0.717) is 17.3 Å². The number of hydrogen-bond acceptors (Lipinski definition) is 3. The molecule has 0 aromatic heterocycles. The molecule has 0 aliphatic heterocycles. The Morgan fingerprint density at radius 1 is 1.04 bits per heavy atom. The monoisotopic (exact) mass is 334 g/mol. The molecule has 3 nitrogen and oxygen atoms in total. The van der Waals surface area contributed by atoms with Crippen molar-refractivity contribution in [2.24, 2.45) is 33.5 Å². The van der Waals surface area contributed by atoms with Gasteiger partial charge in [-0.1, -0.05) is 20.3 Å². The molecule has 0 heterocycles. The number of fused-ring (bicyclic) bond motifs is 3.